The van der Waals surface area contributed by atoms with Crippen LogP contribution in [-0.4, -0.2) is 47.3 Å². The molecule has 36 heavy (non-hydrogen) atoms. The predicted octanol–water partition coefficient (Wildman–Crippen LogP) is 5.57. The lowest BCUT2D eigenvalue weighted by atomic mass is 9.83. The molecular formula is C29H33ClN2O4. The van der Waals surface area contributed by atoms with Crippen LogP contribution in [0.4, 0.5) is 0 Å². The number of carbonyl (C=O) groups excluding carboxylic acids is 3. The molecule has 0 N–H and O–H groups in total. The van der Waals surface area contributed by atoms with Crippen LogP contribution in [0.2, 0.25) is 5.02 Å². The standard InChI is InChI=1S/C29H33ClN2O4/c1-4-36-29(35)27-20(3)32(26(33)17-24(27)23-10-5-6-11-25(23)30)18-21-8-7-9-22(16-21)28(34)31-14-12-19(2)13-15-31/h5-11,16,19,24H,4,12-15,17-18H2,1-3H3/t24-/m1/s1. The summed E-state index contributed by atoms with van der Waals surface area (Å²) in [6.45, 7) is 7.78. The number of hydrogen-bond donors (Lipinski definition) is 0. The number of allylic oxidation sites excluding steroid dienone is 1. The Morgan fingerprint density at radius 2 is 1.81 bits per heavy atom. The Labute approximate surface area is 217 Å². The molecule has 0 aromatic heterocycles. The fourth-order valence-corrected chi connectivity index (χ4v) is 5.35. The van der Waals surface area contributed by atoms with Crippen molar-refractivity contribution in [3.63, 3.8) is 0 Å². The van der Waals surface area contributed by atoms with Crippen LogP contribution in [-0.2, 0) is 20.9 Å². The lowest BCUT2D eigenvalue weighted by molar-refractivity contribution is -0.140. The smallest absolute Gasteiger partial charge is 0.336 e. The molecule has 0 aliphatic carbocycles. The normalized spacial score (nSPS) is 19.0. The van der Waals surface area contributed by atoms with Crippen molar-refractivity contribution < 1.29 is 19.1 Å². The quantitative estimate of drug-likeness (QED) is 0.479. The zero-order valence-corrected chi connectivity index (χ0v) is 21.9. The van der Waals surface area contributed by atoms with Crippen LogP contribution < -0.4 is 0 Å². The Morgan fingerprint density at radius 1 is 1.08 bits per heavy atom. The summed E-state index contributed by atoms with van der Waals surface area (Å²) in [5.74, 6) is -0.362. The Kier molecular flexibility index (Phi) is 8.14. The number of ether oxygens (including phenoxy) is 1. The van der Waals surface area contributed by atoms with Gasteiger partial charge in [0.25, 0.3) is 5.91 Å². The Bertz CT molecular complexity index is 1180. The van der Waals surface area contributed by atoms with Gasteiger partial charge in [-0.2, -0.15) is 0 Å². The van der Waals surface area contributed by atoms with E-state index >= 15 is 0 Å². The zero-order valence-electron chi connectivity index (χ0n) is 21.1. The van der Waals surface area contributed by atoms with Gasteiger partial charge < -0.3 is 14.5 Å². The molecule has 1 atom stereocenters. The molecule has 190 valence electrons. The van der Waals surface area contributed by atoms with Crippen LogP contribution in [0.15, 0.2) is 59.8 Å². The summed E-state index contributed by atoms with van der Waals surface area (Å²) in [7, 11) is 0. The second-order valence-electron chi connectivity index (χ2n) is 9.65. The van der Waals surface area contributed by atoms with Crippen molar-refractivity contribution in [3.8, 4) is 0 Å². The number of likely N-dealkylation sites (tertiary alicyclic amines) is 1. The van der Waals surface area contributed by atoms with Crippen LogP contribution >= 0.6 is 11.6 Å². The maximum Gasteiger partial charge on any atom is 0.336 e. The van der Waals surface area contributed by atoms with E-state index in [4.69, 9.17) is 16.3 Å². The van der Waals surface area contributed by atoms with Crippen LogP contribution in [0.5, 0.6) is 0 Å². The Hall–Kier alpha value is -3.12. The third-order valence-electron chi connectivity index (χ3n) is 7.18. The van der Waals surface area contributed by atoms with Gasteiger partial charge in [-0.05, 0) is 61.9 Å². The number of hydrogen-bond acceptors (Lipinski definition) is 4. The van der Waals surface area contributed by atoms with Crippen LogP contribution in [0, 0.1) is 5.92 Å². The highest BCUT2D eigenvalue weighted by molar-refractivity contribution is 6.31. The van der Waals surface area contributed by atoms with Crippen molar-refractivity contribution in [2.24, 2.45) is 5.92 Å². The number of rotatable bonds is 6. The predicted molar refractivity (Wildman–Crippen MR) is 139 cm³/mol. The number of benzene rings is 2. The van der Waals surface area contributed by atoms with Crippen molar-refractivity contribution in [1.82, 2.24) is 9.80 Å². The van der Waals surface area contributed by atoms with Gasteiger partial charge in [-0.3, -0.25) is 9.59 Å². The third-order valence-corrected chi connectivity index (χ3v) is 7.53. The van der Waals surface area contributed by atoms with Crippen LogP contribution in [0.1, 0.15) is 67.4 Å². The molecule has 1 saturated heterocycles. The minimum Gasteiger partial charge on any atom is -0.463 e. The highest BCUT2D eigenvalue weighted by Crippen LogP contribution is 2.40. The molecule has 2 aromatic carbocycles. The van der Waals surface area contributed by atoms with E-state index in [0.29, 0.717) is 27.8 Å². The monoisotopic (exact) mass is 508 g/mol. The molecule has 2 aliphatic heterocycles. The van der Waals surface area contributed by atoms with E-state index in [1.807, 2.05) is 47.4 Å². The fraction of sp³-hybridized carbons (Fsp3) is 0.414. The summed E-state index contributed by atoms with van der Waals surface area (Å²) < 4.78 is 5.37. The number of esters is 1. The molecule has 2 amide bonds. The maximum absolute atomic E-state index is 13.3. The van der Waals surface area contributed by atoms with Gasteiger partial charge in [-0.1, -0.05) is 48.9 Å². The van der Waals surface area contributed by atoms with Gasteiger partial charge >= 0.3 is 5.97 Å². The molecule has 2 aromatic rings. The van der Waals surface area contributed by atoms with E-state index in [9.17, 15) is 14.4 Å². The highest BCUT2D eigenvalue weighted by Gasteiger charge is 2.37. The molecule has 7 heteroatoms. The van der Waals surface area contributed by atoms with Gasteiger partial charge in [0, 0.05) is 41.7 Å². The summed E-state index contributed by atoms with van der Waals surface area (Å²) in [5.41, 5.74) is 3.18. The maximum atomic E-state index is 13.3. The summed E-state index contributed by atoms with van der Waals surface area (Å²) >= 11 is 6.45. The second-order valence-corrected chi connectivity index (χ2v) is 10.1. The van der Waals surface area contributed by atoms with Crippen LogP contribution in [0.3, 0.4) is 0 Å². The number of halogens is 1. The molecule has 0 radical (unpaired) electrons. The number of piperidine rings is 1. The van der Waals surface area contributed by atoms with Crippen LogP contribution in [0.25, 0.3) is 0 Å². The topological polar surface area (TPSA) is 66.9 Å². The van der Waals surface area contributed by atoms with Gasteiger partial charge in [0.2, 0.25) is 5.91 Å². The lowest BCUT2D eigenvalue weighted by Gasteiger charge is -2.35. The first-order chi connectivity index (χ1) is 17.3. The van der Waals surface area contributed by atoms with Gasteiger partial charge in [-0.15, -0.1) is 0 Å². The molecular weight excluding hydrogens is 476 g/mol. The van der Waals surface area contributed by atoms with E-state index in [1.165, 1.54) is 0 Å². The number of carbonyl (C=O) groups is 3. The molecule has 2 heterocycles. The molecule has 4 rings (SSSR count). The van der Waals surface area contributed by atoms with Crippen molar-refractivity contribution >= 4 is 29.4 Å². The minimum absolute atomic E-state index is 0.0204. The van der Waals surface area contributed by atoms with E-state index in [-0.39, 0.29) is 31.4 Å². The second kappa shape index (κ2) is 11.3. The average molecular weight is 509 g/mol. The summed E-state index contributed by atoms with van der Waals surface area (Å²) in [4.78, 5) is 43.0. The first-order valence-corrected chi connectivity index (χ1v) is 13.0. The average Bonchev–Trinajstić information content (AvgIpc) is 2.87. The van der Waals surface area contributed by atoms with Crippen molar-refractivity contribution in [1.29, 1.82) is 0 Å². The zero-order chi connectivity index (χ0) is 25.8. The van der Waals surface area contributed by atoms with Gasteiger partial charge in [0.15, 0.2) is 0 Å². The molecule has 0 bridgehead atoms. The minimum atomic E-state index is -0.476. The molecule has 1 fully saturated rings. The summed E-state index contributed by atoms with van der Waals surface area (Å²) in [6.07, 6.45) is 2.14. The lowest BCUT2D eigenvalue weighted by Crippen LogP contribution is -2.38. The van der Waals surface area contributed by atoms with Crippen molar-refractivity contribution in [2.45, 2.75) is 52.5 Å². The molecule has 0 unspecified atom stereocenters. The molecule has 0 saturated carbocycles. The van der Waals surface area contributed by atoms with Crippen molar-refractivity contribution in [2.75, 3.05) is 19.7 Å². The van der Waals surface area contributed by atoms with E-state index in [1.54, 1.807) is 24.8 Å². The van der Waals surface area contributed by atoms with Gasteiger partial charge in [0.05, 0.1) is 18.7 Å². The van der Waals surface area contributed by atoms with Gasteiger partial charge in [-0.25, -0.2) is 4.79 Å². The fourth-order valence-electron chi connectivity index (χ4n) is 5.08. The molecule has 2 aliphatic rings. The Morgan fingerprint density at radius 3 is 2.50 bits per heavy atom. The molecule has 0 spiro atoms. The molecule has 6 nitrogen and oxygen atoms in total. The SMILES string of the molecule is CCOC(=O)C1=C(C)N(Cc2cccc(C(=O)N3CCC(C)CC3)c2)C(=O)C[C@@H]1c1ccccc1Cl. The first-order valence-electron chi connectivity index (χ1n) is 12.6. The largest absolute Gasteiger partial charge is 0.463 e. The van der Waals surface area contributed by atoms with Crippen molar-refractivity contribution in [3.05, 3.63) is 81.5 Å². The Balaban J connectivity index is 1.63. The highest BCUT2D eigenvalue weighted by atomic mass is 35.5. The summed E-state index contributed by atoms with van der Waals surface area (Å²) in [5, 5.41) is 0.511. The number of nitrogens with zero attached hydrogens (tertiary/aromatic N) is 2. The summed E-state index contributed by atoms with van der Waals surface area (Å²) in [6, 6.07) is 14.7. The van der Waals surface area contributed by atoms with E-state index < -0.39 is 11.9 Å². The van der Waals surface area contributed by atoms with Gasteiger partial charge in [0.1, 0.15) is 0 Å². The van der Waals surface area contributed by atoms with E-state index in [2.05, 4.69) is 6.92 Å². The third kappa shape index (κ3) is 5.49. The first kappa shape index (κ1) is 26.0. The number of amides is 2. The van der Waals surface area contributed by atoms with E-state index in [0.717, 1.165) is 37.1 Å².